The fourth-order valence-electron chi connectivity index (χ4n) is 2.32. The highest BCUT2D eigenvalue weighted by Crippen LogP contribution is 2.24. The minimum atomic E-state index is -0.568. The molecular formula is C16H14N4O2S. The van der Waals surface area contributed by atoms with Gasteiger partial charge in [-0.05, 0) is 43.2 Å². The largest absolute Gasteiger partial charge is 0.365 e. The number of aryl methyl sites for hydroxylation is 2. The van der Waals surface area contributed by atoms with Crippen LogP contribution in [0.15, 0.2) is 30.6 Å². The van der Waals surface area contributed by atoms with Crippen molar-refractivity contribution in [3.63, 3.8) is 0 Å². The summed E-state index contributed by atoms with van der Waals surface area (Å²) in [5, 5.41) is 3.96. The van der Waals surface area contributed by atoms with Crippen molar-refractivity contribution in [2.45, 2.75) is 13.8 Å². The fourth-order valence-corrected chi connectivity index (χ4v) is 2.98. The number of aromatic nitrogens is 2. The first-order valence-corrected chi connectivity index (χ1v) is 7.70. The van der Waals surface area contributed by atoms with Crippen LogP contribution in [-0.2, 0) is 0 Å². The van der Waals surface area contributed by atoms with Crippen molar-refractivity contribution in [3.8, 4) is 0 Å². The number of primary amides is 1. The van der Waals surface area contributed by atoms with Gasteiger partial charge in [-0.3, -0.25) is 19.9 Å². The van der Waals surface area contributed by atoms with Gasteiger partial charge < -0.3 is 5.73 Å². The average molecular weight is 326 g/mol. The van der Waals surface area contributed by atoms with Crippen LogP contribution in [0.1, 0.15) is 31.2 Å². The molecule has 2 aromatic heterocycles. The van der Waals surface area contributed by atoms with Crippen molar-refractivity contribution in [1.82, 2.24) is 9.97 Å². The third-order valence-electron chi connectivity index (χ3n) is 3.42. The van der Waals surface area contributed by atoms with Gasteiger partial charge >= 0.3 is 0 Å². The lowest BCUT2D eigenvalue weighted by molar-refractivity contribution is 0.100. The molecule has 0 aliphatic heterocycles. The molecule has 0 saturated heterocycles. The maximum atomic E-state index is 12.6. The smallest absolute Gasteiger partial charge is 0.260 e. The van der Waals surface area contributed by atoms with Crippen LogP contribution in [0.2, 0.25) is 0 Å². The summed E-state index contributed by atoms with van der Waals surface area (Å²) in [6, 6.07) is 5.69. The van der Waals surface area contributed by atoms with E-state index in [1.165, 1.54) is 6.20 Å². The van der Waals surface area contributed by atoms with Crippen molar-refractivity contribution in [2.75, 3.05) is 5.32 Å². The number of benzene rings is 1. The highest BCUT2D eigenvalue weighted by molar-refractivity contribution is 7.17. The van der Waals surface area contributed by atoms with Crippen molar-refractivity contribution < 1.29 is 9.59 Å². The van der Waals surface area contributed by atoms with E-state index in [0.29, 0.717) is 21.1 Å². The third-order valence-corrected chi connectivity index (χ3v) is 4.35. The summed E-state index contributed by atoms with van der Waals surface area (Å²) < 4.78 is 0. The molecule has 6 nitrogen and oxygen atoms in total. The van der Waals surface area contributed by atoms with Gasteiger partial charge in [-0.25, -0.2) is 4.98 Å². The van der Waals surface area contributed by atoms with Crippen LogP contribution < -0.4 is 11.1 Å². The molecule has 0 saturated carbocycles. The maximum Gasteiger partial charge on any atom is 0.260 e. The number of nitrogens with one attached hydrogen (secondary N) is 1. The number of carbonyl (C=O) groups is 2. The number of hydrogen-bond donors (Lipinski definition) is 2. The number of pyridine rings is 1. The minimum Gasteiger partial charge on any atom is -0.365 e. The molecule has 0 unspecified atom stereocenters. The van der Waals surface area contributed by atoms with E-state index in [0.717, 1.165) is 27.8 Å². The van der Waals surface area contributed by atoms with Gasteiger partial charge in [-0.15, -0.1) is 0 Å². The van der Waals surface area contributed by atoms with E-state index in [9.17, 15) is 9.59 Å². The van der Waals surface area contributed by atoms with Gasteiger partial charge in [0.15, 0.2) is 5.13 Å². The van der Waals surface area contributed by atoms with E-state index in [1.807, 2.05) is 26.0 Å². The number of nitrogens with zero attached hydrogens (tertiary/aromatic N) is 2. The van der Waals surface area contributed by atoms with Crippen LogP contribution in [0, 0.1) is 13.8 Å². The minimum absolute atomic E-state index is 0.295. The van der Waals surface area contributed by atoms with E-state index in [2.05, 4.69) is 15.3 Å². The molecule has 2 heterocycles. The summed E-state index contributed by atoms with van der Waals surface area (Å²) in [4.78, 5) is 32.3. The number of anilines is 1. The van der Waals surface area contributed by atoms with Gasteiger partial charge in [0, 0.05) is 11.6 Å². The molecule has 0 radical (unpaired) electrons. The molecular weight excluding hydrogens is 312 g/mol. The Bertz CT molecular complexity index is 933. The molecule has 0 atom stereocenters. The number of nitrogens with two attached hydrogens (primary N) is 1. The van der Waals surface area contributed by atoms with E-state index in [-0.39, 0.29) is 5.91 Å². The van der Waals surface area contributed by atoms with Gasteiger partial charge in [0.1, 0.15) is 4.88 Å². The molecule has 1 aromatic carbocycles. The summed E-state index contributed by atoms with van der Waals surface area (Å²) in [6.45, 7) is 3.91. The van der Waals surface area contributed by atoms with Crippen LogP contribution in [0.4, 0.5) is 5.13 Å². The van der Waals surface area contributed by atoms with Crippen molar-refractivity contribution in [1.29, 1.82) is 0 Å². The molecule has 0 aliphatic rings. The number of fused-ring (bicyclic) bond motifs is 1. The molecule has 3 N–H and O–H groups in total. The SMILES string of the molecule is Cc1cc(C(=O)Nc2ncc(C(N)=O)s2)c2nccc(C)c2c1. The Morgan fingerprint density at radius 1 is 1.22 bits per heavy atom. The summed E-state index contributed by atoms with van der Waals surface area (Å²) in [5.74, 6) is -0.886. The lowest BCUT2D eigenvalue weighted by atomic mass is 10.0. The van der Waals surface area contributed by atoms with Gasteiger partial charge in [-0.1, -0.05) is 11.3 Å². The van der Waals surface area contributed by atoms with E-state index in [4.69, 9.17) is 5.73 Å². The van der Waals surface area contributed by atoms with Gasteiger partial charge in [0.25, 0.3) is 11.8 Å². The second-order valence-corrected chi connectivity index (χ2v) is 6.22. The Labute approximate surface area is 136 Å². The Kier molecular flexibility index (Phi) is 3.79. The van der Waals surface area contributed by atoms with E-state index < -0.39 is 5.91 Å². The number of hydrogen-bond acceptors (Lipinski definition) is 5. The molecule has 3 rings (SSSR count). The third kappa shape index (κ3) is 2.91. The maximum absolute atomic E-state index is 12.6. The molecule has 0 bridgehead atoms. The van der Waals surface area contributed by atoms with Crippen LogP contribution in [0.25, 0.3) is 10.9 Å². The van der Waals surface area contributed by atoms with Crippen LogP contribution >= 0.6 is 11.3 Å². The second kappa shape index (κ2) is 5.77. The molecule has 0 aliphatic carbocycles. The first-order valence-electron chi connectivity index (χ1n) is 6.88. The lowest BCUT2D eigenvalue weighted by Gasteiger charge is -2.09. The van der Waals surface area contributed by atoms with Crippen molar-refractivity contribution in [3.05, 3.63) is 52.2 Å². The Morgan fingerprint density at radius 2 is 2.00 bits per heavy atom. The second-order valence-electron chi connectivity index (χ2n) is 5.18. The van der Waals surface area contributed by atoms with Gasteiger partial charge in [-0.2, -0.15) is 0 Å². The normalized spacial score (nSPS) is 10.7. The van der Waals surface area contributed by atoms with Crippen molar-refractivity contribution in [2.24, 2.45) is 5.73 Å². The summed E-state index contributed by atoms with van der Waals surface area (Å²) in [5.41, 5.74) is 8.32. The molecule has 3 aromatic rings. The fraction of sp³-hybridized carbons (Fsp3) is 0.125. The van der Waals surface area contributed by atoms with E-state index >= 15 is 0 Å². The van der Waals surface area contributed by atoms with Crippen molar-refractivity contribution >= 4 is 39.2 Å². The zero-order valence-electron chi connectivity index (χ0n) is 12.6. The van der Waals surface area contributed by atoms with Crippen LogP contribution in [-0.4, -0.2) is 21.8 Å². The lowest BCUT2D eigenvalue weighted by Crippen LogP contribution is -2.13. The molecule has 23 heavy (non-hydrogen) atoms. The predicted octanol–water partition coefficient (Wildman–Crippen LogP) is 2.66. The predicted molar refractivity (Wildman–Crippen MR) is 89.8 cm³/mol. The molecule has 7 heteroatoms. The average Bonchev–Trinajstić information content (AvgIpc) is 2.96. The quantitative estimate of drug-likeness (QED) is 0.773. The summed E-state index contributed by atoms with van der Waals surface area (Å²) in [6.07, 6.45) is 3.03. The van der Waals surface area contributed by atoms with Gasteiger partial charge in [0.2, 0.25) is 0 Å². The highest BCUT2D eigenvalue weighted by atomic mass is 32.1. The topological polar surface area (TPSA) is 98.0 Å². The van der Waals surface area contributed by atoms with Crippen LogP contribution in [0.3, 0.4) is 0 Å². The number of rotatable bonds is 3. The summed E-state index contributed by atoms with van der Waals surface area (Å²) in [7, 11) is 0. The first-order chi connectivity index (χ1) is 11.0. The first kappa shape index (κ1) is 15.1. The Hall–Kier alpha value is -2.80. The Balaban J connectivity index is 2.00. The van der Waals surface area contributed by atoms with E-state index in [1.54, 1.807) is 12.3 Å². The number of thiazole rings is 1. The monoisotopic (exact) mass is 326 g/mol. The Morgan fingerprint density at radius 3 is 2.70 bits per heavy atom. The highest BCUT2D eigenvalue weighted by Gasteiger charge is 2.15. The number of carbonyl (C=O) groups excluding carboxylic acids is 2. The molecule has 2 amide bonds. The van der Waals surface area contributed by atoms with Gasteiger partial charge in [0.05, 0.1) is 17.3 Å². The number of amides is 2. The zero-order chi connectivity index (χ0) is 16.6. The van der Waals surface area contributed by atoms with Crippen LogP contribution in [0.5, 0.6) is 0 Å². The molecule has 0 fully saturated rings. The molecule has 0 spiro atoms. The molecule has 116 valence electrons. The zero-order valence-corrected chi connectivity index (χ0v) is 13.4. The standard InChI is InChI=1S/C16H14N4O2S/c1-8-5-10-9(2)3-4-18-13(10)11(6-8)15(22)20-16-19-7-12(23-16)14(17)21/h3-7H,1-2H3,(H2,17,21)(H,19,20,22). The summed E-state index contributed by atoms with van der Waals surface area (Å²) >= 11 is 1.04.